The molecule has 6 nitrogen and oxygen atoms in total. The molecule has 0 fully saturated rings. The second-order valence-electron chi connectivity index (χ2n) is 4.92. The third-order valence-electron chi connectivity index (χ3n) is 3.50. The molecule has 0 atom stereocenters. The van der Waals surface area contributed by atoms with E-state index in [2.05, 4.69) is 4.90 Å². The molecule has 0 radical (unpaired) electrons. The summed E-state index contributed by atoms with van der Waals surface area (Å²) in [7, 11) is 1.25. The summed E-state index contributed by atoms with van der Waals surface area (Å²) in [6.45, 7) is 0.841. The molecular formula is C14H20NO5P. The van der Waals surface area contributed by atoms with Crippen molar-refractivity contribution in [3.05, 3.63) is 23.8 Å². The van der Waals surface area contributed by atoms with E-state index in [1.807, 2.05) is 25.2 Å². The van der Waals surface area contributed by atoms with Crippen LogP contribution in [0.5, 0.6) is 5.75 Å². The zero-order chi connectivity index (χ0) is 15.5. The van der Waals surface area contributed by atoms with Crippen LogP contribution < -0.4 is 9.64 Å². The van der Waals surface area contributed by atoms with Gasteiger partial charge in [-0.2, -0.15) is 0 Å². The quantitative estimate of drug-likeness (QED) is 0.718. The number of ketones is 1. The van der Waals surface area contributed by atoms with Gasteiger partial charge in [0, 0.05) is 33.5 Å². The topological polar surface area (TPSA) is 65.1 Å². The van der Waals surface area contributed by atoms with Crippen LogP contribution in [0.1, 0.15) is 5.56 Å². The van der Waals surface area contributed by atoms with Gasteiger partial charge in [-0.05, 0) is 30.2 Å². The number of benzene rings is 1. The Kier molecular flexibility index (Phi) is 5.04. The van der Waals surface area contributed by atoms with Crippen LogP contribution >= 0.6 is 7.60 Å². The summed E-state index contributed by atoms with van der Waals surface area (Å²) >= 11 is 0. The lowest BCUT2D eigenvalue weighted by Gasteiger charge is -2.14. The molecule has 0 bridgehead atoms. The lowest BCUT2D eigenvalue weighted by Crippen LogP contribution is -2.16. The fourth-order valence-electron chi connectivity index (χ4n) is 2.26. The number of hydrogen-bond acceptors (Lipinski definition) is 6. The van der Waals surface area contributed by atoms with Crippen LogP contribution in [0.15, 0.2) is 18.2 Å². The van der Waals surface area contributed by atoms with Crippen molar-refractivity contribution in [2.75, 3.05) is 45.5 Å². The van der Waals surface area contributed by atoms with Crippen molar-refractivity contribution in [2.45, 2.75) is 6.42 Å². The van der Waals surface area contributed by atoms with E-state index in [4.69, 9.17) is 13.8 Å². The van der Waals surface area contributed by atoms with E-state index >= 15 is 0 Å². The summed E-state index contributed by atoms with van der Waals surface area (Å²) in [5.74, 6) is 0.321. The smallest absolute Gasteiger partial charge is 0.337 e. The zero-order valence-corrected chi connectivity index (χ0v) is 13.4. The molecule has 0 aromatic heterocycles. The number of hydrogen-bond donors (Lipinski definition) is 0. The minimum absolute atomic E-state index is 0.147. The lowest BCUT2D eigenvalue weighted by molar-refractivity contribution is -0.118. The predicted molar refractivity (Wildman–Crippen MR) is 80.4 cm³/mol. The number of rotatable bonds is 7. The summed E-state index contributed by atoms with van der Waals surface area (Å²) < 4.78 is 26.8. The molecule has 0 saturated carbocycles. The minimum atomic E-state index is -3.32. The molecule has 1 heterocycles. The number of anilines is 1. The van der Waals surface area contributed by atoms with Gasteiger partial charge in [-0.3, -0.25) is 9.36 Å². The minimum Gasteiger partial charge on any atom is -0.486 e. The summed E-state index contributed by atoms with van der Waals surface area (Å²) in [5, 5.41) is 0. The van der Waals surface area contributed by atoms with Gasteiger partial charge in [0.05, 0.1) is 0 Å². The van der Waals surface area contributed by atoms with Gasteiger partial charge in [-0.1, -0.05) is 0 Å². The van der Waals surface area contributed by atoms with Crippen molar-refractivity contribution in [1.29, 1.82) is 0 Å². The maximum absolute atomic E-state index is 11.8. The van der Waals surface area contributed by atoms with E-state index in [1.165, 1.54) is 25.5 Å². The number of nitrogens with zero attached hydrogens (tertiary/aromatic N) is 1. The summed E-state index contributed by atoms with van der Waals surface area (Å²) in [4.78, 5) is 13.9. The molecule has 0 unspecified atom stereocenters. The first kappa shape index (κ1) is 16.0. The first-order valence-electron chi connectivity index (χ1n) is 6.66. The number of carbonyl (C=O) groups excluding carboxylic acids is 1. The first-order chi connectivity index (χ1) is 9.97. The van der Waals surface area contributed by atoms with Gasteiger partial charge in [0.1, 0.15) is 18.5 Å². The molecule has 0 aliphatic carbocycles. The molecule has 0 saturated heterocycles. The van der Waals surface area contributed by atoms with Crippen LogP contribution in [0.25, 0.3) is 0 Å². The largest absolute Gasteiger partial charge is 0.486 e. The molecule has 2 rings (SSSR count). The number of fused-ring (bicyclic) bond motifs is 1. The lowest BCUT2D eigenvalue weighted by atomic mass is 10.1. The molecule has 116 valence electrons. The van der Waals surface area contributed by atoms with Gasteiger partial charge in [0.15, 0.2) is 5.78 Å². The molecule has 1 aliphatic heterocycles. The summed E-state index contributed by atoms with van der Waals surface area (Å²) in [6.07, 6.45) is 0.688. The van der Waals surface area contributed by atoms with E-state index in [0.717, 1.165) is 13.0 Å². The van der Waals surface area contributed by atoms with Gasteiger partial charge < -0.3 is 18.7 Å². The highest BCUT2D eigenvalue weighted by Crippen LogP contribution is 2.45. The zero-order valence-electron chi connectivity index (χ0n) is 12.5. The van der Waals surface area contributed by atoms with Crippen molar-refractivity contribution in [3.63, 3.8) is 0 Å². The van der Waals surface area contributed by atoms with E-state index in [1.54, 1.807) is 0 Å². The number of ether oxygens (including phenoxy) is 1. The molecule has 7 heteroatoms. The Morgan fingerprint density at radius 2 is 2.05 bits per heavy atom. The second-order valence-corrected chi connectivity index (χ2v) is 7.19. The molecule has 0 spiro atoms. The molecule has 0 N–H and O–H groups in total. The molecule has 1 aromatic rings. The van der Waals surface area contributed by atoms with Crippen molar-refractivity contribution >= 4 is 19.1 Å². The Balaban J connectivity index is 1.92. The Labute approximate surface area is 124 Å². The van der Waals surface area contributed by atoms with Crippen LogP contribution in [-0.4, -0.2) is 46.4 Å². The molecule has 1 aromatic carbocycles. The van der Waals surface area contributed by atoms with E-state index < -0.39 is 7.60 Å². The van der Waals surface area contributed by atoms with Gasteiger partial charge in [0.25, 0.3) is 0 Å². The number of likely N-dealkylation sites (N-methyl/N-ethyl adjacent to an activating group) is 1. The standard InChI is InChI=1S/C14H20NO5P/c1-15-7-6-11-8-13(4-5-14(11)15)20-9-12(16)10-21(17,18-2)19-3/h4-5,8H,6-7,9-10H2,1-3H3. The fourth-order valence-corrected chi connectivity index (χ4v) is 3.19. The first-order valence-corrected chi connectivity index (χ1v) is 8.39. The van der Waals surface area contributed by atoms with E-state index in [-0.39, 0.29) is 18.6 Å². The molecular weight excluding hydrogens is 293 g/mol. The van der Waals surface area contributed by atoms with Gasteiger partial charge in [-0.25, -0.2) is 0 Å². The van der Waals surface area contributed by atoms with Crippen molar-refractivity contribution in [1.82, 2.24) is 0 Å². The highest BCUT2D eigenvalue weighted by atomic mass is 31.2. The van der Waals surface area contributed by atoms with Crippen molar-refractivity contribution in [3.8, 4) is 5.75 Å². The van der Waals surface area contributed by atoms with E-state index in [9.17, 15) is 9.36 Å². The number of carbonyl (C=O) groups is 1. The molecule has 1 aliphatic rings. The number of Topliss-reactive ketones (excluding diaryl/α,β-unsaturated/α-hetero) is 1. The van der Waals surface area contributed by atoms with Gasteiger partial charge in [-0.15, -0.1) is 0 Å². The Morgan fingerprint density at radius 1 is 1.33 bits per heavy atom. The Morgan fingerprint density at radius 3 is 2.71 bits per heavy atom. The summed E-state index contributed by atoms with van der Waals surface area (Å²) in [5.41, 5.74) is 2.40. The van der Waals surface area contributed by atoms with Crippen LogP contribution in [0.4, 0.5) is 5.69 Å². The van der Waals surface area contributed by atoms with Crippen molar-refractivity contribution < 1.29 is 23.1 Å². The van der Waals surface area contributed by atoms with Crippen molar-refractivity contribution in [2.24, 2.45) is 0 Å². The Bertz CT molecular complexity index is 566. The third kappa shape index (κ3) is 3.84. The van der Waals surface area contributed by atoms with Crippen LogP contribution in [-0.2, 0) is 24.8 Å². The van der Waals surface area contributed by atoms with Crippen LogP contribution in [0.3, 0.4) is 0 Å². The maximum Gasteiger partial charge on any atom is 0.337 e. The molecule has 0 amide bonds. The highest BCUT2D eigenvalue weighted by Gasteiger charge is 2.25. The maximum atomic E-state index is 11.8. The van der Waals surface area contributed by atoms with Crippen LogP contribution in [0.2, 0.25) is 0 Å². The SMILES string of the molecule is COP(=O)(CC(=O)COc1ccc2c(c1)CCN2C)OC. The predicted octanol–water partition coefficient (Wildman–Crippen LogP) is 2.11. The highest BCUT2D eigenvalue weighted by molar-refractivity contribution is 7.54. The summed E-state index contributed by atoms with van der Waals surface area (Å²) in [6, 6.07) is 5.76. The Hall–Kier alpha value is -1.36. The third-order valence-corrected chi connectivity index (χ3v) is 5.36. The van der Waals surface area contributed by atoms with Gasteiger partial charge >= 0.3 is 7.60 Å². The molecule has 21 heavy (non-hydrogen) atoms. The fraction of sp³-hybridized carbons (Fsp3) is 0.500. The van der Waals surface area contributed by atoms with Gasteiger partial charge in [0.2, 0.25) is 0 Å². The van der Waals surface area contributed by atoms with Crippen LogP contribution in [0, 0.1) is 0 Å². The average Bonchev–Trinajstić information content (AvgIpc) is 2.86. The monoisotopic (exact) mass is 313 g/mol. The van der Waals surface area contributed by atoms with E-state index in [0.29, 0.717) is 5.75 Å². The second kappa shape index (κ2) is 6.60. The normalized spacial score (nSPS) is 14.1. The average molecular weight is 313 g/mol.